The van der Waals surface area contributed by atoms with Crippen LogP contribution in [-0.4, -0.2) is 61.4 Å². The fraction of sp³-hybridized carbons (Fsp3) is 0.923. The maximum Gasteiger partial charge on any atom is 0.229 e. The first-order valence-electron chi connectivity index (χ1n) is 6.97. The summed E-state index contributed by atoms with van der Waals surface area (Å²) in [6.45, 7) is 5.95. The van der Waals surface area contributed by atoms with Crippen LogP contribution in [0.3, 0.4) is 0 Å². The van der Waals surface area contributed by atoms with Gasteiger partial charge in [-0.2, -0.15) is 0 Å². The second-order valence-corrected chi connectivity index (χ2v) is 5.26. The van der Waals surface area contributed by atoms with Gasteiger partial charge in [0.1, 0.15) is 0 Å². The van der Waals surface area contributed by atoms with E-state index in [0.717, 1.165) is 32.5 Å². The molecule has 0 aromatic carbocycles. The minimum atomic E-state index is -0.0298. The van der Waals surface area contributed by atoms with Crippen LogP contribution >= 0.6 is 0 Å². The molecule has 1 amide bonds. The number of ether oxygens (including phenoxy) is 1. The molecule has 18 heavy (non-hydrogen) atoms. The number of likely N-dealkylation sites (N-methyl/N-ethyl adjacent to an activating group) is 1. The Balaban J connectivity index is 1.87. The molecule has 3 atom stereocenters. The number of aliphatic hydroxyl groups is 1. The van der Waals surface area contributed by atoms with E-state index in [1.807, 2.05) is 11.8 Å². The molecule has 2 N–H and O–H groups in total. The van der Waals surface area contributed by atoms with Gasteiger partial charge in [-0.1, -0.05) is 6.92 Å². The van der Waals surface area contributed by atoms with E-state index in [1.54, 1.807) is 0 Å². The SMILES string of the molecule is CCNC1COCC1C(=O)N1CCC(CCO)C1. The lowest BCUT2D eigenvalue weighted by atomic mass is 10.0. The van der Waals surface area contributed by atoms with Gasteiger partial charge in [0, 0.05) is 25.7 Å². The van der Waals surface area contributed by atoms with E-state index in [-0.39, 0.29) is 24.5 Å². The normalized spacial score (nSPS) is 32.1. The quantitative estimate of drug-likeness (QED) is 0.717. The summed E-state index contributed by atoms with van der Waals surface area (Å²) in [7, 11) is 0. The molecule has 3 unspecified atom stereocenters. The molecule has 2 saturated heterocycles. The van der Waals surface area contributed by atoms with E-state index >= 15 is 0 Å². The molecule has 2 fully saturated rings. The summed E-state index contributed by atoms with van der Waals surface area (Å²) in [6, 6.07) is 0.166. The fourth-order valence-corrected chi connectivity index (χ4v) is 2.95. The summed E-state index contributed by atoms with van der Waals surface area (Å²) >= 11 is 0. The lowest BCUT2D eigenvalue weighted by Crippen LogP contribution is -2.45. The number of nitrogens with zero attached hydrogens (tertiary/aromatic N) is 1. The van der Waals surface area contributed by atoms with Gasteiger partial charge in [0.25, 0.3) is 0 Å². The number of rotatable bonds is 5. The van der Waals surface area contributed by atoms with Gasteiger partial charge >= 0.3 is 0 Å². The smallest absolute Gasteiger partial charge is 0.229 e. The molecule has 0 spiro atoms. The van der Waals surface area contributed by atoms with Gasteiger partial charge in [0.15, 0.2) is 0 Å². The predicted molar refractivity (Wildman–Crippen MR) is 68.2 cm³/mol. The zero-order valence-corrected chi connectivity index (χ0v) is 11.1. The van der Waals surface area contributed by atoms with Crippen molar-refractivity contribution in [1.82, 2.24) is 10.2 Å². The van der Waals surface area contributed by atoms with Gasteiger partial charge in [-0.05, 0) is 25.3 Å². The number of carbonyl (C=O) groups is 1. The molecular weight excluding hydrogens is 232 g/mol. The standard InChI is InChI=1S/C13H24N2O3/c1-2-14-12-9-18-8-11(12)13(17)15-5-3-10(7-15)4-6-16/h10-12,14,16H,2-9H2,1H3. The number of aliphatic hydroxyl groups excluding tert-OH is 1. The van der Waals surface area contributed by atoms with E-state index in [2.05, 4.69) is 5.32 Å². The fourth-order valence-electron chi connectivity index (χ4n) is 2.95. The first kappa shape index (κ1) is 13.8. The summed E-state index contributed by atoms with van der Waals surface area (Å²) in [5.41, 5.74) is 0. The second kappa shape index (κ2) is 6.50. The highest BCUT2D eigenvalue weighted by Crippen LogP contribution is 2.24. The van der Waals surface area contributed by atoms with Crippen molar-refractivity contribution >= 4 is 5.91 Å². The van der Waals surface area contributed by atoms with Crippen molar-refractivity contribution in [3.8, 4) is 0 Å². The second-order valence-electron chi connectivity index (χ2n) is 5.26. The van der Waals surface area contributed by atoms with Crippen molar-refractivity contribution in [2.24, 2.45) is 11.8 Å². The van der Waals surface area contributed by atoms with E-state index < -0.39 is 0 Å². The summed E-state index contributed by atoms with van der Waals surface area (Å²) < 4.78 is 5.43. The largest absolute Gasteiger partial charge is 0.396 e. The van der Waals surface area contributed by atoms with Gasteiger partial charge < -0.3 is 20.1 Å². The van der Waals surface area contributed by atoms with Crippen LogP contribution in [0.2, 0.25) is 0 Å². The maximum atomic E-state index is 12.4. The van der Waals surface area contributed by atoms with Gasteiger partial charge in [0.05, 0.1) is 19.1 Å². The molecule has 0 bridgehead atoms. The first-order valence-corrected chi connectivity index (χ1v) is 6.97. The molecule has 0 radical (unpaired) electrons. The van der Waals surface area contributed by atoms with E-state index in [4.69, 9.17) is 9.84 Å². The van der Waals surface area contributed by atoms with Gasteiger partial charge in [0.2, 0.25) is 5.91 Å². The molecule has 2 aliphatic rings. The Morgan fingerprint density at radius 2 is 2.33 bits per heavy atom. The Morgan fingerprint density at radius 1 is 1.50 bits per heavy atom. The van der Waals surface area contributed by atoms with Crippen molar-refractivity contribution in [3.05, 3.63) is 0 Å². The number of amides is 1. The van der Waals surface area contributed by atoms with Crippen LogP contribution in [0.4, 0.5) is 0 Å². The van der Waals surface area contributed by atoms with Crippen LogP contribution in [0, 0.1) is 11.8 Å². The molecule has 0 aromatic heterocycles. The summed E-state index contributed by atoms with van der Waals surface area (Å²) in [5.74, 6) is 0.663. The summed E-state index contributed by atoms with van der Waals surface area (Å²) in [6.07, 6.45) is 1.83. The Morgan fingerprint density at radius 3 is 3.06 bits per heavy atom. The highest BCUT2D eigenvalue weighted by Gasteiger charge is 2.38. The Kier molecular flexibility index (Phi) is 4.97. The average molecular weight is 256 g/mol. The number of likely N-dealkylation sites (tertiary alicyclic amines) is 1. The van der Waals surface area contributed by atoms with Crippen molar-refractivity contribution in [3.63, 3.8) is 0 Å². The number of nitrogens with one attached hydrogen (secondary N) is 1. The molecule has 5 nitrogen and oxygen atoms in total. The third kappa shape index (κ3) is 3.02. The van der Waals surface area contributed by atoms with Gasteiger partial charge in [-0.3, -0.25) is 4.79 Å². The highest BCUT2D eigenvalue weighted by atomic mass is 16.5. The number of carbonyl (C=O) groups excluding carboxylic acids is 1. The van der Waals surface area contributed by atoms with E-state index in [0.29, 0.717) is 19.1 Å². The minimum absolute atomic E-state index is 0.0298. The molecule has 104 valence electrons. The maximum absolute atomic E-state index is 12.4. The predicted octanol–water partition coefficient (Wildman–Crippen LogP) is -0.158. The van der Waals surface area contributed by atoms with E-state index in [1.165, 1.54) is 0 Å². The average Bonchev–Trinajstić information content (AvgIpc) is 2.98. The Bertz CT molecular complexity index is 285. The number of hydrogen-bond acceptors (Lipinski definition) is 4. The van der Waals surface area contributed by atoms with Crippen LogP contribution in [0.5, 0.6) is 0 Å². The van der Waals surface area contributed by atoms with Crippen LogP contribution in [0.25, 0.3) is 0 Å². The van der Waals surface area contributed by atoms with Crippen LogP contribution < -0.4 is 5.32 Å². The topological polar surface area (TPSA) is 61.8 Å². The number of hydrogen-bond donors (Lipinski definition) is 2. The van der Waals surface area contributed by atoms with Crippen molar-refractivity contribution in [2.75, 3.05) is 39.5 Å². The van der Waals surface area contributed by atoms with Crippen LogP contribution in [-0.2, 0) is 9.53 Å². The lowest BCUT2D eigenvalue weighted by molar-refractivity contribution is -0.135. The van der Waals surface area contributed by atoms with Gasteiger partial charge in [-0.25, -0.2) is 0 Å². The van der Waals surface area contributed by atoms with Crippen molar-refractivity contribution in [2.45, 2.75) is 25.8 Å². The van der Waals surface area contributed by atoms with Crippen LogP contribution in [0.1, 0.15) is 19.8 Å². The molecule has 0 saturated carbocycles. The monoisotopic (exact) mass is 256 g/mol. The van der Waals surface area contributed by atoms with Crippen LogP contribution in [0.15, 0.2) is 0 Å². The van der Waals surface area contributed by atoms with E-state index in [9.17, 15) is 4.79 Å². The molecule has 0 aromatic rings. The lowest BCUT2D eigenvalue weighted by Gasteiger charge is -2.24. The molecule has 2 aliphatic heterocycles. The molecule has 2 rings (SSSR count). The highest BCUT2D eigenvalue weighted by molar-refractivity contribution is 5.80. The minimum Gasteiger partial charge on any atom is -0.396 e. The van der Waals surface area contributed by atoms with Crippen molar-refractivity contribution < 1.29 is 14.6 Å². The third-order valence-corrected chi connectivity index (χ3v) is 4.00. The summed E-state index contributed by atoms with van der Waals surface area (Å²) in [4.78, 5) is 14.4. The van der Waals surface area contributed by atoms with Crippen molar-refractivity contribution in [1.29, 1.82) is 0 Å². The molecule has 5 heteroatoms. The Hall–Kier alpha value is -0.650. The summed E-state index contributed by atoms with van der Waals surface area (Å²) in [5, 5.41) is 12.3. The zero-order valence-electron chi connectivity index (χ0n) is 11.1. The first-order chi connectivity index (χ1) is 8.76. The van der Waals surface area contributed by atoms with Gasteiger partial charge in [-0.15, -0.1) is 0 Å². The molecule has 2 heterocycles. The molecular formula is C13H24N2O3. The third-order valence-electron chi connectivity index (χ3n) is 4.00. The Labute approximate surface area is 108 Å². The zero-order chi connectivity index (χ0) is 13.0. The molecule has 0 aliphatic carbocycles.